The van der Waals surface area contributed by atoms with Crippen LogP contribution < -0.4 is 10.2 Å². The van der Waals surface area contributed by atoms with Crippen molar-refractivity contribution in [3.05, 3.63) is 24.3 Å². The molecule has 1 fully saturated rings. The minimum Gasteiger partial charge on any atom is -0.373 e. The fourth-order valence-corrected chi connectivity index (χ4v) is 5.54. The van der Waals surface area contributed by atoms with E-state index in [1.54, 1.807) is 0 Å². The molecule has 0 aliphatic carbocycles. The summed E-state index contributed by atoms with van der Waals surface area (Å²) in [5.41, 5.74) is 2.00. The van der Waals surface area contributed by atoms with Gasteiger partial charge in [0, 0.05) is 31.0 Å². The Bertz CT molecular complexity index is 475. The van der Waals surface area contributed by atoms with Crippen LogP contribution in [0, 0.1) is 0 Å². The predicted molar refractivity (Wildman–Crippen MR) is 101 cm³/mol. The molecule has 1 amide bonds. The Hall–Kier alpha value is -0.810. The third-order valence-electron chi connectivity index (χ3n) is 3.97. The van der Waals surface area contributed by atoms with Crippen LogP contribution in [-0.2, 0) is 4.79 Å². The van der Waals surface area contributed by atoms with E-state index in [-0.39, 0.29) is 5.91 Å². The molecular weight excluding hydrogens is 312 g/mol. The highest BCUT2D eigenvalue weighted by atomic mass is 33.1. The molecule has 1 heterocycles. The number of carbonyl (C=O) groups excluding carboxylic acids is 1. The zero-order valence-corrected chi connectivity index (χ0v) is 15.1. The van der Waals surface area contributed by atoms with E-state index in [1.165, 1.54) is 18.6 Å². The van der Waals surface area contributed by atoms with E-state index in [0.717, 1.165) is 36.0 Å². The summed E-state index contributed by atoms with van der Waals surface area (Å²) in [7, 11) is 6.05. The van der Waals surface area contributed by atoms with Crippen molar-refractivity contribution in [1.29, 1.82) is 0 Å². The van der Waals surface area contributed by atoms with Crippen LogP contribution in [0.1, 0.15) is 39.0 Å². The van der Waals surface area contributed by atoms with Gasteiger partial charge in [-0.1, -0.05) is 40.1 Å². The molecule has 22 heavy (non-hydrogen) atoms. The van der Waals surface area contributed by atoms with Gasteiger partial charge in [0.1, 0.15) is 0 Å². The van der Waals surface area contributed by atoms with Crippen LogP contribution in [0.15, 0.2) is 24.3 Å². The summed E-state index contributed by atoms with van der Waals surface area (Å²) in [5.74, 6) is 1.42. The Morgan fingerprint density at radius 3 is 2.91 bits per heavy atom. The van der Waals surface area contributed by atoms with Crippen LogP contribution in [0.25, 0.3) is 0 Å². The predicted octanol–water partition coefficient (Wildman–Crippen LogP) is 4.80. The van der Waals surface area contributed by atoms with E-state index in [4.69, 9.17) is 0 Å². The van der Waals surface area contributed by atoms with Gasteiger partial charge in [-0.15, -0.1) is 0 Å². The van der Waals surface area contributed by atoms with Crippen LogP contribution >= 0.6 is 21.6 Å². The number of carbonyl (C=O) groups is 1. The zero-order valence-electron chi connectivity index (χ0n) is 13.5. The number of para-hydroxylation sites is 2. The highest BCUT2D eigenvalue weighted by Crippen LogP contribution is 2.39. The molecule has 3 nitrogen and oxygen atoms in total. The Balaban J connectivity index is 1.74. The van der Waals surface area contributed by atoms with Crippen molar-refractivity contribution >= 4 is 38.9 Å². The number of nitrogens with zero attached hydrogens (tertiary/aromatic N) is 1. The summed E-state index contributed by atoms with van der Waals surface area (Å²) in [6, 6.07) is 8.01. The zero-order chi connectivity index (χ0) is 15.8. The molecule has 1 aliphatic rings. The molecular formula is C17H26N2OS2. The average molecular weight is 339 g/mol. The first-order chi connectivity index (χ1) is 10.7. The number of unbranched alkanes of at least 4 members (excludes halogenated alkanes) is 1. The number of benzene rings is 1. The van der Waals surface area contributed by atoms with E-state index in [2.05, 4.69) is 17.1 Å². The first-order valence-electron chi connectivity index (χ1n) is 8.09. The lowest BCUT2D eigenvalue weighted by Crippen LogP contribution is -2.19. The van der Waals surface area contributed by atoms with E-state index in [9.17, 15) is 4.79 Å². The van der Waals surface area contributed by atoms with Gasteiger partial charge in [0.25, 0.3) is 0 Å². The van der Waals surface area contributed by atoms with Gasteiger partial charge in [0.05, 0.1) is 11.4 Å². The monoisotopic (exact) mass is 338 g/mol. The van der Waals surface area contributed by atoms with E-state index < -0.39 is 0 Å². The summed E-state index contributed by atoms with van der Waals surface area (Å²) in [6.45, 7) is 3.03. The Labute approximate surface area is 142 Å². The second kappa shape index (κ2) is 9.36. The van der Waals surface area contributed by atoms with Crippen molar-refractivity contribution in [3.63, 3.8) is 0 Å². The molecule has 1 aromatic carbocycles. The van der Waals surface area contributed by atoms with Crippen LogP contribution in [0.3, 0.4) is 0 Å². The van der Waals surface area contributed by atoms with Crippen molar-refractivity contribution in [2.45, 2.75) is 44.3 Å². The van der Waals surface area contributed by atoms with Gasteiger partial charge in [-0.25, -0.2) is 0 Å². The number of anilines is 2. The Kier molecular flexibility index (Phi) is 7.46. The molecule has 0 spiro atoms. The summed E-state index contributed by atoms with van der Waals surface area (Å²) >= 11 is 0. The summed E-state index contributed by atoms with van der Waals surface area (Å²) in [6.07, 6.45) is 5.34. The first kappa shape index (κ1) is 17.5. The fourth-order valence-electron chi connectivity index (χ4n) is 2.52. The van der Waals surface area contributed by atoms with Crippen LogP contribution in [0.4, 0.5) is 11.4 Å². The minimum absolute atomic E-state index is 0.130. The minimum atomic E-state index is 0.130. The summed E-state index contributed by atoms with van der Waals surface area (Å²) in [4.78, 5) is 14.3. The second-order valence-corrected chi connectivity index (χ2v) is 8.44. The average Bonchev–Trinajstić information content (AvgIpc) is 3.05. The lowest BCUT2D eigenvalue weighted by atomic mass is 10.1. The van der Waals surface area contributed by atoms with E-state index in [0.29, 0.717) is 6.42 Å². The highest BCUT2D eigenvalue weighted by molar-refractivity contribution is 8.77. The van der Waals surface area contributed by atoms with E-state index in [1.807, 2.05) is 52.9 Å². The maximum absolute atomic E-state index is 12.1. The Morgan fingerprint density at radius 1 is 1.36 bits per heavy atom. The van der Waals surface area contributed by atoms with E-state index >= 15 is 0 Å². The maximum atomic E-state index is 12.1. The lowest BCUT2D eigenvalue weighted by Gasteiger charge is -2.20. The number of nitrogens with one attached hydrogen (secondary N) is 1. The first-order valence-corrected chi connectivity index (χ1v) is 10.5. The van der Waals surface area contributed by atoms with Crippen LogP contribution in [-0.4, -0.2) is 30.5 Å². The van der Waals surface area contributed by atoms with Gasteiger partial charge < -0.3 is 10.2 Å². The van der Waals surface area contributed by atoms with Crippen molar-refractivity contribution in [2.75, 3.05) is 29.6 Å². The molecule has 5 heteroatoms. The van der Waals surface area contributed by atoms with Crippen molar-refractivity contribution < 1.29 is 4.79 Å². The molecule has 2 rings (SSSR count). The molecule has 1 unspecified atom stereocenters. The molecule has 1 atom stereocenters. The molecule has 122 valence electrons. The van der Waals surface area contributed by atoms with Gasteiger partial charge in [0.15, 0.2) is 0 Å². The largest absolute Gasteiger partial charge is 0.373 e. The van der Waals surface area contributed by atoms with Crippen molar-refractivity contribution in [2.24, 2.45) is 0 Å². The summed E-state index contributed by atoms with van der Waals surface area (Å²) < 4.78 is 0. The highest BCUT2D eigenvalue weighted by Gasteiger charge is 2.16. The molecule has 1 N–H and O–H groups in total. The topological polar surface area (TPSA) is 32.3 Å². The quantitative estimate of drug-likeness (QED) is 0.545. The van der Waals surface area contributed by atoms with Crippen molar-refractivity contribution in [3.8, 4) is 0 Å². The third kappa shape index (κ3) is 5.43. The van der Waals surface area contributed by atoms with Gasteiger partial charge >= 0.3 is 0 Å². The SMILES string of the molecule is CCN(C)c1ccccc1NC(=O)CCCCC1CCSS1. The summed E-state index contributed by atoms with van der Waals surface area (Å²) in [5, 5.41) is 3.88. The van der Waals surface area contributed by atoms with Gasteiger partial charge in [-0.3, -0.25) is 4.79 Å². The molecule has 1 aromatic rings. The number of rotatable bonds is 8. The molecule has 1 aliphatic heterocycles. The number of hydrogen-bond acceptors (Lipinski definition) is 4. The number of hydrogen-bond donors (Lipinski definition) is 1. The van der Waals surface area contributed by atoms with Gasteiger partial charge in [-0.2, -0.15) is 0 Å². The van der Waals surface area contributed by atoms with Gasteiger partial charge in [-0.05, 0) is 38.3 Å². The molecule has 0 bridgehead atoms. The van der Waals surface area contributed by atoms with Crippen LogP contribution in [0.2, 0.25) is 0 Å². The van der Waals surface area contributed by atoms with Crippen LogP contribution in [0.5, 0.6) is 0 Å². The fraction of sp³-hybridized carbons (Fsp3) is 0.588. The molecule has 0 aromatic heterocycles. The molecule has 0 saturated carbocycles. The second-order valence-electron chi connectivity index (χ2n) is 5.65. The standard InChI is InChI=1S/C17H26N2OS2/c1-3-19(2)16-10-6-5-9-15(16)18-17(20)11-7-4-8-14-12-13-21-22-14/h5-6,9-10,14H,3-4,7-8,11-13H2,1-2H3,(H,18,20). The smallest absolute Gasteiger partial charge is 0.224 e. The van der Waals surface area contributed by atoms with Gasteiger partial charge in [0.2, 0.25) is 5.91 Å². The molecule has 1 saturated heterocycles. The van der Waals surface area contributed by atoms with Crippen molar-refractivity contribution in [1.82, 2.24) is 0 Å². The maximum Gasteiger partial charge on any atom is 0.224 e. The normalized spacial score (nSPS) is 17.5. The number of amides is 1. The molecule has 0 radical (unpaired) electrons. The third-order valence-corrected chi connectivity index (χ3v) is 6.98. The Morgan fingerprint density at radius 2 is 2.18 bits per heavy atom. The lowest BCUT2D eigenvalue weighted by molar-refractivity contribution is -0.116.